The molecule has 0 saturated carbocycles. The van der Waals surface area contributed by atoms with Gasteiger partial charge in [-0.2, -0.15) is 0 Å². The van der Waals surface area contributed by atoms with Crippen LogP contribution in [-0.4, -0.2) is 5.78 Å². The molecule has 0 aliphatic carbocycles. The zero-order chi connectivity index (χ0) is 19.7. The van der Waals surface area contributed by atoms with Gasteiger partial charge in [-0.1, -0.05) is 58.4 Å². The standard InChI is InChI=1S/C25H22BrNO/c1-17-12-21-15-27(16-22(21)13-18(17)2)24-5-3-4-20(14-24)25(28)11-8-19-6-9-23(26)10-7-19/h3-14H,15-16H2,1-2H3/b11-8+. The van der Waals surface area contributed by atoms with Gasteiger partial charge in [0.05, 0.1) is 0 Å². The maximum absolute atomic E-state index is 12.6. The van der Waals surface area contributed by atoms with Crippen LogP contribution in [-0.2, 0) is 13.1 Å². The summed E-state index contributed by atoms with van der Waals surface area (Å²) in [4.78, 5) is 15.0. The Morgan fingerprint density at radius 2 is 1.57 bits per heavy atom. The van der Waals surface area contributed by atoms with Gasteiger partial charge in [-0.25, -0.2) is 0 Å². The molecule has 0 amide bonds. The molecule has 0 bridgehead atoms. The molecule has 0 saturated heterocycles. The molecular formula is C25H22BrNO. The second-order valence-corrected chi connectivity index (χ2v) is 8.28. The molecule has 0 unspecified atom stereocenters. The van der Waals surface area contributed by atoms with E-state index in [0.29, 0.717) is 5.56 Å². The Morgan fingerprint density at radius 3 is 2.21 bits per heavy atom. The Morgan fingerprint density at radius 1 is 0.929 bits per heavy atom. The summed E-state index contributed by atoms with van der Waals surface area (Å²) in [6.45, 7) is 6.11. The Hall–Kier alpha value is -2.65. The molecule has 1 aliphatic heterocycles. The maximum atomic E-state index is 12.6. The van der Waals surface area contributed by atoms with Gasteiger partial charge in [0, 0.05) is 28.8 Å². The van der Waals surface area contributed by atoms with Crippen molar-refractivity contribution in [3.8, 4) is 0 Å². The van der Waals surface area contributed by atoms with Crippen LogP contribution in [0.5, 0.6) is 0 Å². The average molecular weight is 432 g/mol. The lowest BCUT2D eigenvalue weighted by Gasteiger charge is -2.18. The van der Waals surface area contributed by atoms with Crippen LogP contribution in [0.1, 0.15) is 38.2 Å². The zero-order valence-electron chi connectivity index (χ0n) is 16.1. The molecule has 3 aromatic carbocycles. The monoisotopic (exact) mass is 431 g/mol. The van der Waals surface area contributed by atoms with Crippen molar-refractivity contribution in [1.82, 2.24) is 0 Å². The number of nitrogens with zero attached hydrogens (tertiary/aromatic N) is 1. The summed E-state index contributed by atoms with van der Waals surface area (Å²) in [6.07, 6.45) is 3.51. The van der Waals surface area contributed by atoms with E-state index in [1.165, 1.54) is 22.3 Å². The fourth-order valence-electron chi connectivity index (χ4n) is 3.58. The molecule has 4 rings (SSSR count). The molecule has 0 aromatic heterocycles. The van der Waals surface area contributed by atoms with Crippen LogP contribution < -0.4 is 4.90 Å². The van der Waals surface area contributed by atoms with Crippen LogP contribution in [0.2, 0.25) is 0 Å². The summed E-state index contributed by atoms with van der Waals surface area (Å²) in [7, 11) is 0. The normalized spacial score (nSPS) is 13.2. The summed E-state index contributed by atoms with van der Waals surface area (Å²) >= 11 is 3.43. The quantitative estimate of drug-likeness (QED) is 0.347. The Balaban J connectivity index is 1.52. The van der Waals surface area contributed by atoms with Gasteiger partial charge in [0.25, 0.3) is 0 Å². The van der Waals surface area contributed by atoms with Crippen LogP contribution in [0.4, 0.5) is 5.69 Å². The summed E-state index contributed by atoms with van der Waals surface area (Å²) in [6, 6.07) is 20.4. The van der Waals surface area contributed by atoms with Gasteiger partial charge in [0.2, 0.25) is 0 Å². The van der Waals surface area contributed by atoms with Gasteiger partial charge in [0.15, 0.2) is 5.78 Å². The number of benzene rings is 3. The number of rotatable bonds is 4. The molecule has 1 heterocycles. The molecule has 0 atom stereocenters. The van der Waals surface area contributed by atoms with Crippen molar-refractivity contribution in [2.45, 2.75) is 26.9 Å². The first-order chi connectivity index (χ1) is 13.5. The minimum atomic E-state index is 0.0215. The highest BCUT2D eigenvalue weighted by atomic mass is 79.9. The number of halogens is 1. The molecule has 0 N–H and O–H groups in total. The van der Waals surface area contributed by atoms with Gasteiger partial charge < -0.3 is 4.90 Å². The lowest BCUT2D eigenvalue weighted by Crippen LogP contribution is -2.14. The van der Waals surface area contributed by atoms with E-state index in [1.54, 1.807) is 6.08 Å². The highest BCUT2D eigenvalue weighted by Gasteiger charge is 2.20. The van der Waals surface area contributed by atoms with Crippen LogP contribution in [0.25, 0.3) is 6.08 Å². The van der Waals surface area contributed by atoms with Crippen molar-refractivity contribution in [2.24, 2.45) is 0 Å². The highest BCUT2D eigenvalue weighted by molar-refractivity contribution is 9.10. The summed E-state index contributed by atoms with van der Waals surface area (Å²) < 4.78 is 1.03. The minimum absolute atomic E-state index is 0.0215. The number of fused-ring (bicyclic) bond motifs is 1. The summed E-state index contributed by atoms with van der Waals surface area (Å²) in [5.41, 5.74) is 8.26. The largest absolute Gasteiger partial charge is 0.363 e. The molecule has 1 aliphatic rings. The van der Waals surface area contributed by atoms with Crippen LogP contribution in [0.3, 0.4) is 0 Å². The molecule has 0 fully saturated rings. The van der Waals surface area contributed by atoms with E-state index in [0.717, 1.165) is 28.8 Å². The Bertz CT molecular complexity index is 1040. The van der Waals surface area contributed by atoms with Crippen molar-refractivity contribution >= 4 is 33.5 Å². The molecular weight excluding hydrogens is 410 g/mol. The van der Waals surface area contributed by atoms with E-state index in [1.807, 2.05) is 48.5 Å². The second-order valence-electron chi connectivity index (χ2n) is 7.36. The third kappa shape index (κ3) is 3.95. The maximum Gasteiger partial charge on any atom is 0.185 e. The third-order valence-electron chi connectivity index (χ3n) is 5.33. The smallest absolute Gasteiger partial charge is 0.185 e. The average Bonchev–Trinajstić information content (AvgIpc) is 3.10. The Labute approximate surface area is 174 Å². The first kappa shape index (κ1) is 18.7. The van der Waals surface area contributed by atoms with Crippen molar-refractivity contribution in [1.29, 1.82) is 0 Å². The SMILES string of the molecule is Cc1cc2c(cc1C)CN(c1cccc(C(=O)/C=C/c3ccc(Br)cc3)c1)C2. The van der Waals surface area contributed by atoms with Gasteiger partial charge in [-0.05, 0) is 72.0 Å². The van der Waals surface area contributed by atoms with Crippen molar-refractivity contribution in [3.63, 3.8) is 0 Å². The highest BCUT2D eigenvalue weighted by Crippen LogP contribution is 2.30. The Kier molecular flexibility index (Phi) is 5.19. The molecule has 3 heteroatoms. The number of carbonyl (C=O) groups excluding carboxylic acids is 1. The third-order valence-corrected chi connectivity index (χ3v) is 5.86. The zero-order valence-corrected chi connectivity index (χ0v) is 17.7. The molecule has 3 aromatic rings. The number of hydrogen-bond acceptors (Lipinski definition) is 2. The number of hydrogen-bond donors (Lipinski definition) is 0. The number of ketones is 1. The number of anilines is 1. The van der Waals surface area contributed by atoms with Crippen LogP contribution in [0.15, 0.2) is 71.2 Å². The van der Waals surface area contributed by atoms with Crippen molar-refractivity contribution in [3.05, 3.63) is 105 Å². The van der Waals surface area contributed by atoms with E-state index < -0.39 is 0 Å². The van der Waals surface area contributed by atoms with Crippen LogP contribution in [0, 0.1) is 13.8 Å². The van der Waals surface area contributed by atoms with E-state index in [9.17, 15) is 4.79 Å². The molecule has 2 nitrogen and oxygen atoms in total. The fraction of sp³-hybridized carbons (Fsp3) is 0.160. The molecule has 0 radical (unpaired) electrons. The van der Waals surface area contributed by atoms with Crippen molar-refractivity contribution < 1.29 is 4.79 Å². The first-order valence-corrected chi connectivity index (χ1v) is 10.2. The molecule has 28 heavy (non-hydrogen) atoms. The van der Waals surface area contributed by atoms with Crippen molar-refractivity contribution in [2.75, 3.05) is 4.90 Å². The van der Waals surface area contributed by atoms with Gasteiger partial charge in [-0.15, -0.1) is 0 Å². The first-order valence-electron chi connectivity index (χ1n) is 9.41. The second kappa shape index (κ2) is 7.76. The van der Waals surface area contributed by atoms with Gasteiger partial charge >= 0.3 is 0 Å². The molecule has 0 spiro atoms. The fourth-order valence-corrected chi connectivity index (χ4v) is 3.84. The van der Waals surface area contributed by atoms with E-state index in [-0.39, 0.29) is 5.78 Å². The lowest BCUT2D eigenvalue weighted by molar-refractivity contribution is 0.104. The predicted octanol–water partition coefficient (Wildman–Crippen LogP) is 6.48. The van der Waals surface area contributed by atoms with Gasteiger partial charge in [-0.3, -0.25) is 4.79 Å². The summed E-state index contributed by atoms with van der Waals surface area (Å²) in [5.74, 6) is 0.0215. The number of allylic oxidation sites excluding steroid dienone is 1. The lowest BCUT2D eigenvalue weighted by atomic mass is 10.0. The number of carbonyl (C=O) groups is 1. The predicted molar refractivity (Wildman–Crippen MR) is 120 cm³/mol. The summed E-state index contributed by atoms with van der Waals surface area (Å²) in [5, 5.41) is 0. The van der Waals surface area contributed by atoms with Gasteiger partial charge in [0.1, 0.15) is 0 Å². The van der Waals surface area contributed by atoms with Crippen LogP contribution >= 0.6 is 15.9 Å². The van der Waals surface area contributed by atoms with E-state index >= 15 is 0 Å². The topological polar surface area (TPSA) is 20.3 Å². The molecule has 140 valence electrons. The van der Waals surface area contributed by atoms with E-state index in [4.69, 9.17) is 0 Å². The van der Waals surface area contributed by atoms with E-state index in [2.05, 4.69) is 52.9 Å². The number of aryl methyl sites for hydroxylation is 2. The minimum Gasteiger partial charge on any atom is -0.363 e.